The van der Waals surface area contributed by atoms with Crippen molar-refractivity contribution >= 4 is 24.2 Å². The Kier molecular flexibility index (Phi) is 9.27. The van der Waals surface area contributed by atoms with E-state index >= 15 is 0 Å². The van der Waals surface area contributed by atoms with Crippen LogP contribution in [0.25, 0.3) is 0 Å². The number of ether oxygens (including phenoxy) is 1. The first-order valence-corrected chi connectivity index (χ1v) is 9.90. The predicted molar refractivity (Wildman–Crippen MR) is 112 cm³/mol. The number of aromatic nitrogens is 3. The molecule has 1 aliphatic rings. The highest BCUT2D eigenvalue weighted by Crippen LogP contribution is 2.25. The quantitative estimate of drug-likeness (QED) is 0.396. The highest BCUT2D eigenvalue weighted by molar-refractivity contribution is 5.79. The van der Waals surface area contributed by atoms with Gasteiger partial charge in [0.15, 0.2) is 0 Å². The number of anilines is 1. The summed E-state index contributed by atoms with van der Waals surface area (Å²) < 4.78 is 5.31. The van der Waals surface area contributed by atoms with Crippen molar-refractivity contribution in [3.63, 3.8) is 0 Å². The second-order valence-corrected chi connectivity index (χ2v) is 7.07. The van der Waals surface area contributed by atoms with Crippen molar-refractivity contribution in [3.8, 4) is 5.75 Å². The van der Waals surface area contributed by atoms with Crippen LogP contribution in [0, 0.1) is 5.92 Å². The lowest BCUT2D eigenvalue weighted by atomic mass is 9.85. The Morgan fingerprint density at radius 1 is 1.29 bits per heavy atom. The molecule has 3 rings (SSSR count). The summed E-state index contributed by atoms with van der Waals surface area (Å²) in [5.74, 6) is 1.23. The molecule has 11 heteroatoms. The molecule has 0 radical (unpaired) electrons. The molecule has 1 heterocycles. The second-order valence-electron chi connectivity index (χ2n) is 7.07. The first-order chi connectivity index (χ1) is 15.0. The molecule has 1 aromatic heterocycles. The van der Waals surface area contributed by atoms with Crippen LogP contribution in [-0.2, 0) is 27.3 Å². The number of rotatable bonds is 7. The van der Waals surface area contributed by atoms with E-state index in [0.717, 1.165) is 37.0 Å². The van der Waals surface area contributed by atoms with Gasteiger partial charge in [0, 0.05) is 24.1 Å². The van der Waals surface area contributed by atoms with Gasteiger partial charge in [-0.05, 0) is 31.7 Å². The summed E-state index contributed by atoms with van der Waals surface area (Å²) in [4.78, 5) is 36.9. The molecule has 1 aliphatic carbocycles. The van der Waals surface area contributed by atoms with Gasteiger partial charge in [0.05, 0.1) is 13.5 Å². The molecule has 6 N–H and O–H groups in total. The SMILES string of the molecule is COc1ccccc1CNC(=O)C1CCC(NC(=O)Cc2nc(N)n[nH]2)CC1.O=CO. The van der Waals surface area contributed by atoms with E-state index < -0.39 is 0 Å². The molecule has 0 aliphatic heterocycles. The summed E-state index contributed by atoms with van der Waals surface area (Å²) in [5.41, 5.74) is 6.38. The maximum absolute atomic E-state index is 12.5. The number of carboxylic acid groups (broad SMARTS) is 1. The van der Waals surface area contributed by atoms with Crippen molar-refractivity contribution in [1.82, 2.24) is 25.8 Å². The number of benzene rings is 1. The molecule has 168 valence electrons. The summed E-state index contributed by atoms with van der Waals surface area (Å²) in [7, 11) is 1.62. The van der Waals surface area contributed by atoms with Crippen molar-refractivity contribution in [2.75, 3.05) is 12.8 Å². The predicted octanol–water partition coefficient (Wildman–Crippen LogP) is 0.630. The van der Waals surface area contributed by atoms with Crippen LogP contribution in [0.3, 0.4) is 0 Å². The molecular weight excluding hydrogens is 404 g/mol. The lowest BCUT2D eigenvalue weighted by Crippen LogP contribution is -2.41. The van der Waals surface area contributed by atoms with Crippen LogP contribution in [0.15, 0.2) is 24.3 Å². The van der Waals surface area contributed by atoms with E-state index in [4.69, 9.17) is 20.4 Å². The molecule has 1 fully saturated rings. The molecule has 0 unspecified atom stereocenters. The largest absolute Gasteiger partial charge is 0.496 e. The van der Waals surface area contributed by atoms with Crippen LogP contribution < -0.4 is 21.1 Å². The summed E-state index contributed by atoms with van der Waals surface area (Å²) in [6.07, 6.45) is 3.16. The first-order valence-electron chi connectivity index (χ1n) is 9.90. The fourth-order valence-electron chi connectivity index (χ4n) is 3.50. The molecule has 11 nitrogen and oxygen atoms in total. The van der Waals surface area contributed by atoms with Crippen LogP contribution in [0.5, 0.6) is 5.75 Å². The van der Waals surface area contributed by atoms with Gasteiger partial charge in [-0.2, -0.15) is 4.98 Å². The Morgan fingerprint density at radius 3 is 2.58 bits per heavy atom. The number of H-pyrrole nitrogens is 1. The lowest BCUT2D eigenvalue weighted by Gasteiger charge is -2.28. The molecule has 0 bridgehead atoms. The second kappa shape index (κ2) is 12.2. The summed E-state index contributed by atoms with van der Waals surface area (Å²) in [5, 5.41) is 19.2. The number of carbonyl (C=O) groups excluding carboxylic acids is 2. The molecule has 2 amide bonds. The Bertz CT molecular complexity index is 863. The van der Waals surface area contributed by atoms with Gasteiger partial charge in [-0.25, -0.2) is 0 Å². The van der Waals surface area contributed by atoms with Crippen LogP contribution in [-0.4, -0.2) is 51.7 Å². The minimum atomic E-state index is -0.250. The van der Waals surface area contributed by atoms with Gasteiger partial charge in [-0.3, -0.25) is 19.5 Å². The van der Waals surface area contributed by atoms with E-state index in [0.29, 0.717) is 12.4 Å². The monoisotopic (exact) mass is 432 g/mol. The van der Waals surface area contributed by atoms with Gasteiger partial charge in [0.25, 0.3) is 6.47 Å². The molecule has 0 spiro atoms. The number of hydrogen-bond donors (Lipinski definition) is 5. The van der Waals surface area contributed by atoms with E-state index in [9.17, 15) is 9.59 Å². The Morgan fingerprint density at radius 2 is 1.97 bits per heavy atom. The third-order valence-corrected chi connectivity index (χ3v) is 4.99. The zero-order valence-electron chi connectivity index (χ0n) is 17.3. The third-order valence-electron chi connectivity index (χ3n) is 4.99. The lowest BCUT2D eigenvalue weighted by molar-refractivity contribution is -0.126. The van der Waals surface area contributed by atoms with E-state index in [1.165, 1.54) is 0 Å². The van der Waals surface area contributed by atoms with Crippen LogP contribution in [0.2, 0.25) is 0 Å². The molecule has 0 atom stereocenters. The fourth-order valence-corrected chi connectivity index (χ4v) is 3.50. The zero-order chi connectivity index (χ0) is 22.6. The molecule has 31 heavy (non-hydrogen) atoms. The van der Waals surface area contributed by atoms with Crippen LogP contribution >= 0.6 is 0 Å². The average Bonchev–Trinajstić information content (AvgIpc) is 3.17. The Balaban J connectivity index is 0.00000107. The van der Waals surface area contributed by atoms with Gasteiger partial charge in [-0.15, -0.1) is 5.10 Å². The fraction of sp³-hybridized carbons (Fsp3) is 0.450. The highest BCUT2D eigenvalue weighted by atomic mass is 16.5. The number of aromatic amines is 1. The van der Waals surface area contributed by atoms with E-state index in [1.807, 2.05) is 24.3 Å². The van der Waals surface area contributed by atoms with E-state index in [2.05, 4.69) is 25.8 Å². The first kappa shape index (κ1) is 23.6. The van der Waals surface area contributed by atoms with Gasteiger partial charge < -0.3 is 26.2 Å². The molecular formula is C20H28N6O5. The number of methoxy groups -OCH3 is 1. The van der Waals surface area contributed by atoms with Gasteiger partial charge in [-0.1, -0.05) is 18.2 Å². The van der Waals surface area contributed by atoms with Crippen molar-refractivity contribution in [2.45, 2.75) is 44.7 Å². The van der Waals surface area contributed by atoms with Crippen molar-refractivity contribution in [3.05, 3.63) is 35.7 Å². The minimum absolute atomic E-state index is 0.0306. The maximum atomic E-state index is 12.5. The minimum Gasteiger partial charge on any atom is -0.496 e. The topological polar surface area (TPSA) is 172 Å². The van der Waals surface area contributed by atoms with Gasteiger partial charge in [0.2, 0.25) is 17.8 Å². The van der Waals surface area contributed by atoms with Gasteiger partial charge in [0.1, 0.15) is 11.6 Å². The summed E-state index contributed by atoms with van der Waals surface area (Å²) in [6.45, 7) is 0.194. The Hall–Kier alpha value is -3.63. The van der Waals surface area contributed by atoms with Crippen molar-refractivity contribution < 1.29 is 24.2 Å². The molecule has 2 aromatic rings. The molecule has 1 saturated carbocycles. The standard InChI is InChI=1S/C19H26N6O3.CH2O2/c1-28-15-5-3-2-4-13(15)11-21-18(27)12-6-8-14(9-7-12)22-17(26)10-16-23-19(20)25-24-16;2-1-3/h2-5,12,14H,6-11H2,1H3,(H,21,27)(H,22,26)(H3,20,23,24,25);1H,(H,2,3). The molecule has 1 aromatic carbocycles. The maximum Gasteiger partial charge on any atom is 0.290 e. The number of nitrogens with zero attached hydrogens (tertiary/aromatic N) is 2. The van der Waals surface area contributed by atoms with Gasteiger partial charge >= 0.3 is 0 Å². The zero-order valence-corrected chi connectivity index (χ0v) is 17.3. The van der Waals surface area contributed by atoms with E-state index in [1.54, 1.807) is 7.11 Å². The Labute approximate surface area is 179 Å². The van der Waals surface area contributed by atoms with Crippen molar-refractivity contribution in [1.29, 1.82) is 0 Å². The number of nitrogens with one attached hydrogen (secondary N) is 3. The van der Waals surface area contributed by atoms with Crippen LogP contribution in [0.1, 0.15) is 37.1 Å². The average molecular weight is 432 g/mol. The number of amides is 2. The highest BCUT2D eigenvalue weighted by Gasteiger charge is 2.27. The number of carbonyl (C=O) groups is 3. The number of para-hydroxylation sites is 1. The van der Waals surface area contributed by atoms with Crippen LogP contribution in [0.4, 0.5) is 5.95 Å². The number of nitrogens with two attached hydrogens (primary N) is 1. The normalized spacial score (nSPS) is 17.6. The number of nitrogen functional groups attached to an aromatic ring is 1. The summed E-state index contributed by atoms with van der Waals surface area (Å²) >= 11 is 0. The summed E-state index contributed by atoms with van der Waals surface area (Å²) in [6, 6.07) is 7.71. The number of hydrogen-bond acceptors (Lipinski definition) is 7. The van der Waals surface area contributed by atoms with Crippen molar-refractivity contribution in [2.24, 2.45) is 5.92 Å². The third kappa shape index (κ3) is 7.61. The smallest absolute Gasteiger partial charge is 0.290 e. The molecule has 0 saturated heterocycles. The van der Waals surface area contributed by atoms with E-state index in [-0.39, 0.29) is 42.6 Å².